The van der Waals surface area contributed by atoms with E-state index in [9.17, 15) is 5.11 Å². The fourth-order valence-electron chi connectivity index (χ4n) is 2.19. The summed E-state index contributed by atoms with van der Waals surface area (Å²) in [6.07, 6.45) is 0.162. The number of benzene rings is 2. The van der Waals surface area contributed by atoms with Crippen LogP contribution in [-0.2, 0) is 6.54 Å². The zero-order valence-corrected chi connectivity index (χ0v) is 12.8. The van der Waals surface area contributed by atoms with E-state index in [0.29, 0.717) is 5.75 Å². The van der Waals surface area contributed by atoms with Gasteiger partial charge in [-0.05, 0) is 44.5 Å². The summed E-state index contributed by atoms with van der Waals surface area (Å²) in [6.45, 7) is 6.86. The normalized spacial score (nSPS) is 12.4. The highest BCUT2D eigenvalue weighted by Gasteiger charge is 2.09. The lowest BCUT2D eigenvalue weighted by Crippen LogP contribution is -2.19. The number of para-hydroxylation sites is 1. The molecule has 0 bridgehead atoms. The van der Waals surface area contributed by atoms with Crippen LogP contribution in [0.15, 0.2) is 48.5 Å². The molecule has 0 amide bonds. The molecule has 0 aromatic heterocycles. The summed E-state index contributed by atoms with van der Waals surface area (Å²) in [7, 11) is 0. The van der Waals surface area contributed by atoms with Crippen LogP contribution in [0.25, 0.3) is 0 Å². The maximum Gasteiger partial charge on any atom is 0.124 e. The fourth-order valence-corrected chi connectivity index (χ4v) is 2.19. The summed E-state index contributed by atoms with van der Waals surface area (Å²) in [5.41, 5.74) is 2.20. The Morgan fingerprint density at radius 1 is 1.05 bits per heavy atom. The Kier molecular flexibility index (Phi) is 5.23. The van der Waals surface area contributed by atoms with Crippen molar-refractivity contribution < 1.29 is 9.84 Å². The highest BCUT2D eigenvalue weighted by molar-refractivity contribution is 5.34. The first-order valence-electron chi connectivity index (χ1n) is 7.33. The van der Waals surface area contributed by atoms with Gasteiger partial charge in [0.1, 0.15) is 11.5 Å². The van der Waals surface area contributed by atoms with Crippen molar-refractivity contribution in [3.05, 3.63) is 59.7 Å². The summed E-state index contributed by atoms with van der Waals surface area (Å²) >= 11 is 0. The predicted molar refractivity (Wildman–Crippen MR) is 85.6 cm³/mol. The third-order valence-corrected chi connectivity index (χ3v) is 3.30. The van der Waals surface area contributed by atoms with E-state index in [1.165, 1.54) is 0 Å². The van der Waals surface area contributed by atoms with Gasteiger partial charge < -0.3 is 15.2 Å². The molecule has 0 radical (unpaired) electrons. The van der Waals surface area contributed by atoms with Crippen molar-refractivity contribution >= 4 is 0 Å². The summed E-state index contributed by atoms with van der Waals surface area (Å²) in [6, 6.07) is 15.6. The van der Waals surface area contributed by atoms with Gasteiger partial charge in [-0.25, -0.2) is 0 Å². The van der Waals surface area contributed by atoms with E-state index in [0.717, 1.165) is 23.4 Å². The molecular formula is C18H23NO2. The molecule has 2 N–H and O–H groups in total. The van der Waals surface area contributed by atoms with Gasteiger partial charge in [0.05, 0.1) is 6.10 Å². The van der Waals surface area contributed by atoms with Crippen molar-refractivity contribution in [3.63, 3.8) is 0 Å². The lowest BCUT2D eigenvalue weighted by atomic mass is 10.1. The van der Waals surface area contributed by atoms with E-state index < -0.39 is 0 Å². The van der Waals surface area contributed by atoms with Gasteiger partial charge in [0.25, 0.3) is 0 Å². The molecular weight excluding hydrogens is 262 g/mol. The van der Waals surface area contributed by atoms with Gasteiger partial charge in [-0.1, -0.05) is 30.3 Å². The zero-order chi connectivity index (χ0) is 15.2. The highest BCUT2D eigenvalue weighted by atomic mass is 16.5. The molecule has 2 rings (SSSR count). The van der Waals surface area contributed by atoms with E-state index in [-0.39, 0.29) is 12.1 Å². The molecule has 0 aliphatic rings. The average Bonchev–Trinajstić information content (AvgIpc) is 2.45. The van der Waals surface area contributed by atoms with Crippen LogP contribution in [0.3, 0.4) is 0 Å². The van der Waals surface area contributed by atoms with E-state index >= 15 is 0 Å². The molecule has 0 aliphatic heterocycles. The number of phenolic OH excluding ortho intramolecular Hbond substituents is 1. The van der Waals surface area contributed by atoms with Gasteiger partial charge in [-0.15, -0.1) is 0 Å². The largest absolute Gasteiger partial charge is 0.508 e. The summed E-state index contributed by atoms with van der Waals surface area (Å²) in [5.74, 6) is 1.22. The van der Waals surface area contributed by atoms with Crippen LogP contribution in [0, 0.1) is 0 Å². The minimum absolute atomic E-state index is 0.157. The number of hydrogen-bond donors (Lipinski definition) is 2. The smallest absolute Gasteiger partial charge is 0.124 e. The summed E-state index contributed by atoms with van der Waals surface area (Å²) in [4.78, 5) is 0. The first-order chi connectivity index (χ1) is 10.1. The molecule has 3 nitrogen and oxygen atoms in total. The topological polar surface area (TPSA) is 41.5 Å². The maximum absolute atomic E-state index is 9.54. The lowest BCUT2D eigenvalue weighted by Gasteiger charge is -2.18. The number of nitrogens with one attached hydrogen (secondary N) is 1. The van der Waals surface area contributed by atoms with E-state index in [2.05, 4.69) is 18.3 Å². The molecule has 0 spiro atoms. The Labute approximate surface area is 126 Å². The fraction of sp³-hybridized carbons (Fsp3) is 0.333. The maximum atomic E-state index is 9.54. The van der Waals surface area contributed by atoms with Gasteiger partial charge in [0.2, 0.25) is 0 Å². The molecule has 2 aromatic rings. The minimum atomic E-state index is 0.157. The Morgan fingerprint density at radius 2 is 1.81 bits per heavy atom. The van der Waals surface area contributed by atoms with Crippen LogP contribution in [0.1, 0.15) is 37.9 Å². The molecule has 3 heteroatoms. The van der Waals surface area contributed by atoms with Crippen molar-refractivity contribution in [2.75, 3.05) is 0 Å². The lowest BCUT2D eigenvalue weighted by molar-refractivity contribution is 0.239. The standard InChI is InChI=1S/C18H23NO2/c1-13(2)21-18-10-5-4-7-16(18)12-19-14(3)15-8-6-9-17(20)11-15/h4-11,13-14,19-20H,12H2,1-3H3. The molecule has 0 fully saturated rings. The van der Waals surface area contributed by atoms with Crippen LogP contribution in [0.2, 0.25) is 0 Å². The highest BCUT2D eigenvalue weighted by Crippen LogP contribution is 2.22. The second-order valence-corrected chi connectivity index (χ2v) is 5.47. The first-order valence-corrected chi connectivity index (χ1v) is 7.33. The number of ether oxygens (including phenoxy) is 1. The third-order valence-electron chi connectivity index (χ3n) is 3.30. The Morgan fingerprint density at radius 3 is 2.52 bits per heavy atom. The van der Waals surface area contributed by atoms with Crippen LogP contribution in [-0.4, -0.2) is 11.2 Å². The predicted octanol–water partition coefficient (Wildman–Crippen LogP) is 4.03. The zero-order valence-electron chi connectivity index (χ0n) is 12.8. The number of phenols is 1. The van der Waals surface area contributed by atoms with Crippen molar-refractivity contribution in [2.45, 2.75) is 39.5 Å². The van der Waals surface area contributed by atoms with Crippen molar-refractivity contribution in [1.82, 2.24) is 5.32 Å². The monoisotopic (exact) mass is 285 g/mol. The molecule has 112 valence electrons. The van der Waals surface area contributed by atoms with E-state index in [1.807, 2.05) is 44.2 Å². The molecule has 2 aromatic carbocycles. The summed E-state index contributed by atoms with van der Waals surface area (Å²) in [5, 5.41) is 13.0. The van der Waals surface area contributed by atoms with Gasteiger partial charge in [0, 0.05) is 18.2 Å². The third kappa shape index (κ3) is 4.50. The summed E-state index contributed by atoms with van der Waals surface area (Å²) < 4.78 is 5.82. The van der Waals surface area contributed by atoms with E-state index in [1.54, 1.807) is 12.1 Å². The Bertz CT molecular complexity index is 581. The minimum Gasteiger partial charge on any atom is -0.508 e. The van der Waals surface area contributed by atoms with E-state index in [4.69, 9.17) is 4.74 Å². The number of aromatic hydroxyl groups is 1. The van der Waals surface area contributed by atoms with Gasteiger partial charge in [0.15, 0.2) is 0 Å². The Hall–Kier alpha value is -2.00. The van der Waals surface area contributed by atoms with Crippen molar-refractivity contribution in [2.24, 2.45) is 0 Å². The first kappa shape index (κ1) is 15.4. The second-order valence-electron chi connectivity index (χ2n) is 5.47. The van der Waals surface area contributed by atoms with Crippen LogP contribution < -0.4 is 10.1 Å². The Balaban J connectivity index is 2.02. The molecule has 1 unspecified atom stereocenters. The molecule has 0 saturated heterocycles. The van der Waals surface area contributed by atoms with Gasteiger partial charge >= 0.3 is 0 Å². The number of rotatable bonds is 6. The SMILES string of the molecule is CC(C)Oc1ccccc1CNC(C)c1cccc(O)c1. The van der Waals surface area contributed by atoms with Gasteiger partial charge in [-0.2, -0.15) is 0 Å². The molecule has 0 aliphatic carbocycles. The van der Waals surface area contributed by atoms with Crippen LogP contribution in [0.4, 0.5) is 0 Å². The molecule has 0 heterocycles. The number of hydrogen-bond acceptors (Lipinski definition) is 3. The second kappa shape index (κ2) is 7.14. The molecule has 1 atom stereocenters. The van der Waals surface area contributed by atoms with Crippen molar-refractivity contribution in [3.8, 4) is 11.5 Å². The van der Waals surface area contributed by atoms with Crippen LogP contribution >= 0.6 is 0 Å². The van der Waals surface area contributed by atoms with Crippen molar-refractivity contribution in [1.29, 1.82) is 0 Å². The quantitative estimate of drug-likeness (QED) is 0.842. The molecule has 21 heavy (non-hydrogen) atoms. The van der Waals surface area contributed by atoms with Gasteiger partial charge in [-0.3, -0.25) is 0 Å². The molecule has 0 saturated carbocycles. The van der Waals surface area contributed by atoms with Crippen LogP contribution in [0.5, 0.6) is 11.5 Å². The average molecular weight is 285 g/mol.